The van der Waals surface area contributed by atoms with Gasteiger partial charge in [0.25, 0.3) is 11.6 Å². The molecule has 0 spiro atoms. The highest BCUT2D eigenvalue weighted by Crippen LogP contribution is 2.38. The van der Waals surface area contributed by atoms with Gasteiger partial charge in [-0.05, 0) is 37.0 Å². The van der Waals surface area contributed by atoms with Crippen molar-refractivity contribution in [2.24, 2.45) is 5.92 Å². The van der Waals surface area contributed by atoms with E-state index in [1.165, 1.54) is 25.0 Å². The van der Waals surface area contributed by atoms with E-state index in [0.29, 0.717) is 6.54 Å². The Morgan fingerprint density at radius 3 is 2.54 bits per heavy atom. The third-order valence-electron chi connectivity index (χ3n) is 4.95. The Kier molecular flexibility index (Phi) is 3.99. The lowest BCUT2D eigenvalue weighted by molar-refractivity contribution is -0.384. The minimum absolute atomic E-state index is 0.0704. The Hall–Kier alpha value is -3.09. The number of non-ortho nitro benzene ring substituents is 1. The van der Waals surface area contributed by atoms with Crippen molar-refractivity contribution >= 4 is 23.0 Å². The van der Waals surface area contributed by atoms with Crippen LogP contribution in [0.15, 0.2) is 42.5 Å². The zero-order valence-electron chi connectivity index (χ0n) is 14.2. The summed E-state index contributed by atoms with van der Waals surface area (Å²) >= 11 is 0. The van der Waals surface area contributed by atoms with Crippen LogP contribution >= 0.6 is 0 Å². The van der Waals surface area contributed by atoms with Crippen molar-refractivity contribution < 1.29 is 14.8 Å². The molecule has 26 heavy (non-hydrogen) atoms. The minimum Gasteiger partial charge on any atom is -0.507 e. The number of nitro benzene ring substituents is 1. The maximum Gasteiger partial charge on any atom is 0.273 e. The highest BCUT2D eigenvalue weighted by Gasteiger charge is 2.32. The first-order valence-corrected chi connectivity index (χ1v) is 8.68. The molecule has 0 saturated heterocycles. The van der Waals surface area contributed by atoms with E-state index in [2.05, 4.69) is 4.90 Å². The van der Waals surface area contributed by atoms with Gasteiger partial charge in [-0.2, -0.15) is 0 Å². The fraction of sp³-hybridized carbons (Fsp3) is 0.316. The second-order valence-corrected chi connectivity index (χ2v) is 6.79. The first-order valence-electron chi connectivity index (χ1n) is 8.68. The van der Waals surface area contributed by atoms with Gasteiger partial charge in [-0.1, -0.05) is 12.1 Å². The van der Waals surface area contributed by atoms with Crippen molar-refractivity contribution in [3.8, 4) is 5.75 Å². The fourth-order valence-corrected chi connectivity index (χ4v) is 3.39. The van der Waals surface area contributed by atoms with Crippen LogP contribution in [0.25, 0.3) is 0 Å². The van der Waals surface area contributed by atoms with E-state index in [-0.39, 0.29) is 22.9 Å². The second kappa shape index (κ2) is 6.33. The van der Waals surface area contributed by atoms with Crippen molar-refractivity contribution in [2.45, 2.75) is 12.8 Å². The summed E-state index contributed by atoms with van der Waals surface area (Å²) < 4.78 is 0. The zero-order valence-corrected chi connectivity index (χ0v) is 14.2. The minimum atomic E-state index is -0.597. The predicted molar refractivity (Wildman–Crippen MR) is 97.8 cm³/mol. The summed E-state index contributed by atoms with van der Waals surface area (Å²) in [6.07, 6.45) is 2.52. The smallest absolute Gasteiger partial charge is 0.273 e. The van der Waals surface area contributed by atoms with Gasteiger partial charge in [0.15, 0.2) is 0 Å². The lowest BCUT2D eigenvalue weighted by Gasteiger charge is -2.38. The number of carbonyl (C=O) groups excluding carboxylic acids is 1. The molecule has 1 aliphatic heterocycles. The highest BCUT2D eigenvalue weighted by atomic mass is 16.6. The van der Waals surface area contributed by atoms with Crippen LogP contribution in [0, 0.1) is 16.0 Å². The monoisotopic (exact) mass is 353 g/mol. The van der Waals surface area contributed by atoms with Gasteiger partial charge >= 0.3 is 0 Å². The van der Waals surface area contributed by atoms with Crippen LogP contribution < -0.4 is 9.80 Å². The highest BCUT2D eigenvalue weighted by molar-refractivity contribution is 6.10. The summed E-state index contributed by atoms with van der Waals surface area (Å²) in [6, 6.07) is 11.3. The maximum absolute atomic E-state index is 13.0. The van der Waals surface area contributed by atoms with Crippen LogP contribution in [0.5, 0.6) is 5.75 Å². The molecule has 7 heteroatoms. The lowest BCUT2D eigenvalue weighted by Crippen LogP contribution is -2.44. The van der Waals surface area contributed by atoms with Crippen molar-refractivity contribution in [3.05, 3.63) is 58.1 Å². The molecular formula is C19H19N3O4. The number of anilines is 2. The Bertz CT molecular complexity index is 879. The largest absolute Gasteiger partial charge is 0.507 e. The van der Waals surface area contributed by atoms with Gasteiger partial charge in [0.1, 0.15) is 5.75 Å². The number of phenols is 1. The number of aromatic hydroxyl groups is 1. The quantitative estimate of drug-likeness (QED) is 0.674. The summed E-state index contributed by atoms with van der Waals surface area (Å²) in [7, 11) is 0. The van der Waals surface area contributed by atoms with Gasteiger partial charge in [-0.25, -0.2) is 0 Å². The number of hydrogen-bond donors (Lipinski definition) is 1. The number of rotatable bonds is 4. The first kappa shape index (κ1) is 16.4. The van der Waals surface area contributed by atoms with E-state index in [0.717, 1.165) is 36.4 Å². The standard InChI is InChI=1S/C19H19N3O4/c23-18-11-14(22(25)26)7-8-15(18)19(24)21-10-9-20(12-13-5-6-13)16-3-1-2-4-17(16)21/h1-4,7-8,11,13,23H,5-6,9-10,12H2. The third kappa shape index (κ3) is 2.96. The summed E-state index contributed by atoms with van der Waals surface area (Å²) in [5, 5.41) is 20.9. The van der Waals surface area contributed by atoms with Crippen molar-refractivity contribution in [3.63, 3.8) is 0 Å². The summed E-state index contributed by atoms with van der Waals surface area (Å²) in [5.74, 6) is 0.0158. The molecular weight excluding hydrogens is 334 g/mol. The van der Waals surface area contributed by atoms with Crippen LogP contribution in [0.2, 0.25) is 0 Å². The number of amides is 1. The SMILES string of the molecule is O=C(c1ccc([N+](=O)[O-])cc1O)N1CCN(CC2CC2)c2ccccc21. The van der Waals surface area contributed by atoms with E-state index in [9.17, 15) is 20.0 Å². The number of nitro groups is 1. The Balaban J connectivity index is 1.65. The lowest BCUT2D eigenvalue weighted by atomic mass is 10.1. The van der Waals surface area contributed by atoms with Gasteiger partial charge in [-0.15, -0.1) is 0 Å². The molecule has 7 nitrogen and oxygen atoms in total. The molecule has 0 bridgehead atoms. The topological polar surface area (TPSA) is 86.9 Å². The molecule has 134 valence electrons. The number of fused-ring (bicyclic) bond motifs is 1. The Morgan fingerprint density at radius 2 is 1.88 bits per heavy atom. The average molecular weight is 353 g/mol. The van der Waals surface area contributed by atoms with Crippen LogP contribution in [0.1, 0.15) is 23.2 Å². The van der Waals surface area contributed by atoms with E-state index in [1.54, 1.807) is 4.90 Å². The number of carbonyl (C=O) groups is 1. The molecule has 1 aliphatic carbocycles. The maximum atomic E-state index is 13.0. The Labute approximate surface area is 150 Å². The predicted octanol–water partition coefficient (Wildman–Crippen LogP) is 3.18. The normalized spacial score (nSPS) is 16.3. The van der Waals surface area contributed by atoms with Gasteiger partial charge in [0.05, 0.1) is 27.9 Å². The van der Waals surface area contributed by atoms with Gasteiger partial charge in [-0.3, -0.25) is 14.9 Å². The van der Waals surface area contributed by atoms with Gasteiger partial charge in [0, 0.05) is 25.7 Å². The van der Waals surface area contributed by atoms with E-state index >= 15 is 0 Å². The fourth-order valence-electron chi connectivity index (χ4n) is 3.39. The van der Waals surface area contributed by atoms with Gasteiger partial charge < -0.3 is 14.9 Å². The Morgan fingerprint density at radius 1 is 1.15 bits per heavy atom. The van der Waals surface area contributed by atoms with E-state index < -0.39 is 4.92 Å². The number of nitrogens with zero attached hydrogens (tertiary/aromatic N) is 3. The van der Waals surface area contributed by atoms with Crippen molar-refractivity contribution in [2.75, 3.05) is 29.4 Å². The third-order valence-corrected chi connectivity index (χ3v) is 4.95. The number of hydrogen-bond acceptors (Lipinski definition) is 5. The number of benzene rings is 2. The zero-order chi connectivity index (χ0) is 18.3. The molecule has 0 aromatic heterocycles. The van der Waals surface area contributed by atoms with Crippen molar-refractivity contribution in [1.29, 1.82) is 0 Å². The van der Waals surface area contributed by atoms with Crippen LogP contribution in [-0.2, 0) is 0 Å². The molecule has 2 aromatic carbocycles. The molecule has 1 amide bonds. The molecule has 0 radical (unpaired) electrons. The van der Waals surface area contributed by atoms with E-state index in [1.807, 2.05) is 24.3 Å². The number of para-hydroxylation sites is 2. The molecule has 1 saturated carbocycles. The van der Waals surface area contributed by atoms with Gasteiger partial charge in [0.2, 0.25) is 0 Å². The first-order chi connectivity index (χ1) is 12.5. The molecule has 2 aliphatic rings. The molecule has 2 aromatic rings. The van der Waals surface area contributed by atoms with E-state index in [4.69, 9.17) is 0 Å². The molecule has 4 rings (SSSR count). The molecule has 1 N–H and O–H groups in total. The summed E-state index contributed by atoms with van der Waals surface area (Å²) in [6.45, 7) is 2.24. The molecule has 1 fully saturated rings. The molecule has 0 unspecified atom stereocenters. The van der Waals surface area contributed by atoms with Crippen molar-refractivity contribution in [1.82, 2.24) is 0 Å². The summed E-state index contributed by atoms with van der Waals surface area (Å²) in [4.78, 5) is 27.2. The number of phenolic OH excluding ortho intramolecular Hbond substituents is 1. The average Bonchev–Trinajstić information content (AvgIpc) is 3.45. The van der Waals surface area contributed by atoms with Crippen LogP contribution in [0.3, 0.4) is 0 Å². The second-order valence-electron chi connectivity index (χ2n) is 6.79. The van der Waals surface area contributed by atoms with Crippen LogP contribution in [0.4, 0.5) is 17.1 Å². The summed E-state index contributed by atoms with van der Waals surface area (Å²) in [5.41, 5.74) is 1.65. The molecule has 1 heterocycles. The molecule has 0 atom stereocenters. The van der Waals surface area contributed by atoms with Crippen LogP contribution in [-0.4, -0.2) is 35.6 Å².